The largest absolute Gasteiger partial charge is 0.490 e. The molecule has 2 aromatic rings. The zero-order chi connectivity index (χ0) is 19.1. The lowest BCUT2D eigenvalue weighted by Crippen LogP contribution is -2.13. The highest BCUT2D eigenvalue weighted by molar-refractivity contribution is 6.32. The molecule has 0 saturated heterocycles. The minimum absolute atomic E-state index is 0.238. The zero-order valence-electron chi connectivity index (χ0n) is 15.8. The Morgan fingerprint density at radius 1 is 1.04 bits per heavy atom. The van der Waals surface area contributed by atoms with E-state index in [0.29, 0.717) is 35.3 Å². The number of unbranched alkanes of at least 4 members (excludes halogenated alkanes) is 1. The minimum Gasteiger partial charge on any atom is -0.490 e. The van der Waals surface area contributed by atoms with Crippen molar-refractivity contribution >= 4 is 23.2 Å². The second kappa shape index (κ2) is 9.48. The summed E-state index contributed by atoms with van der Waals surface area (Å²) in [5, 5.41) is 3.29. The maximum Gasteiger partial charge on any atom is 0.255 e. The lowest BCUT2D eigenvalue weighted by atomic mass is 10.1. The molecule has 0 bridgehead atoms. The van der Waals surface area contributed by atoms with Crippen LogP contribution in [0.4, 0.5) is 5.69 Å². The first kappa shape index (κ1) is 20.1. The molecule has 26 heavy (non-hydrogen) atoms. The van der Waals surface area contributed by atoms with Crippen molar-refractivity contribution < 1.29 is 14.3 Å². The third-order valence-corrected chi connectivity index (χ3v) is 4.08. The van der Waals surface area contributed by atoms with E-state index in [2.05, 4.69) is 18.3 Å². The van der Waals surface area contributed by atoms with E-state index in [0.717, 1.165) is 29.7 Å². The molecule has 1 amide bonds. The van der Waals surface area contributed by atoms with Crippen molar-refractivity contribution in [1.82, 2.24) is 0 Å². The predicted molar refractivity (Wildman–Crippen MR) is 107 cm³/mol. The molecule has 0 heterocycles. The summed E-state index contributed by atoms with van der Waals surface area (Å²) in [7, 11) is 0. The Labute approximate surface area is 160 Å². The maximum atomic E-state index is 12.7. The Morgan fingerprint density at radius 2 is 1.73 bits per heavy atom. The Morgan fingerprint density at radius 3 is 2.35 bits per heavy atom. The summed E-state index contributed by atoms with van der Waals surface area (Å²) in [4.78, 5) is 12.7. The number of benzene rings is 2. The second-order valence-electron chi connectivity index (χ2n) is 6.25. The van der Waals surface area contributed by atoms with Crippen LogP contribution in [-0.2, 0) is 0 Å². The van der Waals surface area contributed by atoms with Crippen LogP contribution >= 0.6 is 11.6 Å². The number of amides is 1. The van der Waals surface area contributed by atoms with Gasteiger partial charge in [0.1, 0.15) is 0 Å². The molecule has 0 aliphatic heterocycles. The van der Waals surface area contributed by atoms with Gasteiger partial charge in [-0.2, -0.15) is 0 Å². The molecule has 0 radical (unpaired) electrons. The first-order valence-electron chi connectivity index (χ1n) is 8.93. The van der Waals surface area contributed by atoms with Crippen LogP contribution in [0.25, 0.3) is 0 Å². The van der Waals surface area contributed by atoms with Gasteiger partial charge < -0.3 is 14.8 Å². The van der Waals surface area contributed by atoms with E-state index >= 15 is 0 Å². The van der Waals surface area contributed by atoms with Crippen LogP contribution in [0.1, 0.15) is 48.2 Å². The lowest BCUT2D eigenvalue weighted by Gasteiger charge is -2.15. The van der Waals surface area contributed by atoms with Crippen molar-refractivity contribution in [3.8, 4) is 11.5 Å². The van der Waals surface area contributed by atoms with Gasteiger partial charge in [-0.15, -0.1) is 0 Å². The topological polar surface area (TPSA) is 47.6 Å². The summed E-state index contributed by atoms with van der Waals surface area (Å²) < 4.78 is 11.4. The smallest absolute Gasteiger partial charge is 0.255 e. The van der Waals surface area contributed by atoms with Gasteiger partial charge in [-0.25, -0.2) is 0 Å². The van der Waals surface area contributed by atoms with Gasteiger partial charge in [0.15, 0.2) is 11.5 Å². The van der Waals surface area contributed by atoms with Gasteiger partial charge in [0, 0.05) is 11.3 Å². The van der Waals surface area contributed by atoms with Gasteiger partial charge in [-0.05, 0) is 62.6 Å². The average molecular weight is 376 g/mol. The van der Waals surface area contributed by atoms with Crippen molar-refractivity contribution in [3.63, 3.8) is 0 Å². The maximum absolute atomic E-state index is 12.7. The quantitative estimate of drug-likeness (QED) is 0.594. The molecule has 0 aliphatic carbocycles. The van der Waals surface area contributed by atoms with Crippen molar-refractivity contribution in [2.45, 2.75) is 40.5 Å². The summed E-state index contributed by atoms with van der Waals surface area (Å²) in [5.74, 6) is 0.740. The Kier molecular flexibility index (Phi) is 7.34. The molecule has 0 atom stereocenters. The number of anilines is 1. The predicted octanol–water partition coefficient (Wildman–Crippen LogP) is 5.79. The Hall–Kier alpha value is -2.20. The monoisotopic (exact) mass is 375 g/mol. The Bertz CT molecular complexity index is 754. The highest BCUT2D eigenvalue weighted by Crippen LogP contribution is 2.37. The van der Waals surface area contributed by atoms with Crippen molar-refractivity contribution in [2.75, 3.05) is 18.5 Å². The highest BCUT2D eigenvalue weighted by atomic mass is 35.5. The van der Waals surface area contributed by atoms with Crippen LogP contribution in [-0.4, -0.2) is 19.1 Å². The highest BCUT2D eigenvalue weighted by Gasteiger charge is 2.16. The number of carbonyl (C=O) groups excluding carboxylic acids is 1. The molecule has 0 aromatic heterocycles. The number of hydrogen-bond acceptors (Lipinski definition) is 3. The summed E-state index contributed by atoms with van der Waals surface area (Å²) in [5.41, 5.74) is 3.37. The molecule has 5 heteroatoms. The second-order valence-corrected chi connectivity index (χ2v) is 6.66. The minimum atomic E-state index is -0.238. The van der Waals surface area contributed by atoms with Gasteiger partial charge in [0.05, 0.1) is 18.2 Å². The summed E-state index contributed by atoms with van der Waals surface area (Å²) >= 11 is 6.36. The fourth-order valence-electron chi connectivity index (χ4n) is 2.67. The molecular formula is C21H26ClNO3. The molecule has 4 nitrogen and oxygen atoms in total. The Balaban J connectivity index is 2.26. The van der Waals surface area contributed by atoms with E-state index in [4.69, 9.17) is 21.1 Å². The number of hydrogen-bond donors (Lipinski definition) is 1. The number of nitrogens with one attached hydrogen (secondary N) is 1. The van der Waals surface area contributed by atoms with Gasteiger partial charge in [0.2, 0.25) is 0 Å². The van der Waals surface area contributed by atoms with Crippen LogP contribution in [0.5, 0.6) is 11.5 Å². The normalized spacial score (nSPS) is 10.5. The van der Waals surface area contributed by atoms with Crippen LogP contribution in [0, 0.1) is 13.8 Å². The molecule has 2 aromatic carbocycles. The molecule has 0 fully saturated rings. The van der Waals surface area contributed by atoms with Crippen molar-refractivity contribution in [3.05, 3.63) is 52.0 Å². The lowest BCUT2D eigenvalue weighted by molar-refractivity contribution is 0.102. The fourth-order valence-corrected chi connectivity index (χ4v) is 2.94. The van der Waals surface area contributed by atoms with E-state index in [-0.39, 0.29) is 5.91 Å². The molecule has 140 valence electrons. The number of halogens is 1. The molecule has 0 unspecified atom stereocenters. The van der Waals surface area contributed by atoms with Gasteiger partial charge in [-0.3, -0.25) is 4.79 Å². The fraction of sp³-hybridized carbons (Fsp3) is 0.381. The van der Waals surface area contributed by atoms with E-state index in [1.54, 1.807) is 12.1 Å². The number of ether oxygens (including phenoxy) is 2. The van der Waals surface area contributed by atoms with E-state index in [1.807, 2.05) is 32.9 Å². The first-order valence-corrected chi connectivity index (χ1v) is 9.31. The summed E-state index contributed by atoms with van der Waals surface area (Å²) in [6.07, 6.45) is 1.95. The molecule has 0 aliphatic rings. The van der Waals surface area contributed by atoms with Crippen LogP contribution < -0.4 is 14.8 Å². The summed E-state index contributed by atoms with van der Waals surface area (Å²) in [6.45, 7) is 8.98. The van der Waals surface area contributed by atoms with Gasteiger partial charge >= 0.3 is 0 Å². The third-order valence-electron chi connectivity index (χ3n) is 3.80. The number of rotatable bonds is 8. The summed E-state index contributed by atoms with van der Waals surface area (Å²) in [6, 6.07) is 9.20. The van der Waals surface area contributed by atoms with Crippen molar-refractivity contribution in [2.24, 2.45) is 0 Å². The molecule has 1 N–H and O–H groups in total. The van der Waals surface area contributed by atoms with Crippen LogP contribution in [0.2, 0.25) is 5.02 Å². The molecule has 0 spiro atoms. The molecule has 0 saturated carbocycles. The van der Waals surface area contributed by atoms with Gasteiger partial charge in [0.25, 0.3) is 5.91 Å². The zero-order valence-corrected chi connectivity index (χ0v) is 16.6. The average Bonchev–Trinajstić information content (AvgIpc) is 2.56. The molecular weight excluding hydrogens is 350 g/mol. The van der Waals surface area contributed by atoms with Crippen molar-refractivity contribution in [1.29, 1.82) is 0 Å². The van der Waals surface area contributed by atoms with Crippen LogP contribution in [0.15, 0.2) is 30.3 Å². The van der Waals surface area contributed by atoms with E-state index in [1.165, 1.54) is 0 Å². The van der Waals surface area contributed by atoms with E-state index < -0.39 is 0 Å². The standard InChI is InChI=1S/C21H26ClNO3/c1-5-7-8-26-20-18(22)12-16(13-19(20)25-6-2)21(24)23-17-10-14(3)9-15(4)11-17/h9-13H,5-8H2,1-4H3,(H,23,24). The number of aryl methyl sites for hydroxylation is 2. The molecule has 2 rings (SSSR count). The van der Waals surface area contributed by atoms with Crippen LogP contribution in [0.3, 0.4) is 0 Å². The number of carbonyl (C=O) groups is 1. The third kappa shape index (κ3) is 5.40. The van der Waals surface area contributed by atoms with Gasteiger partial charge in [-0.1, -0.05) is 31.0 Å². The SMILES string of the molecule is CCCCOc1c(Cl)cc(C(=O)Nc2cc(C)cc(C)c2)cc1OCC. The van der Waals surface area contributed by atoms with E-state index in [9.17, 15) is 4.79 Å². The first-order chi connectivity index (χ1) is 12.4.